The summed E-state index contributed by atoms with van der Waals surface area (Å²) in [5, 5.41) is 13.9. The van der Waals surface area contributed by atoms with Crippen LogP contribution in [-0.2, 0) is 0 Å². The third-order valence-electron chi connectivity index (χ3n) is 2.17. The van der Waals surface area contributed by atoms with Crippen LogP contribution in [0.1, 0.15) is 15.2 Å². The van der Waals surface area contributed by atoms with Crippen LogP contribution in [0.25, 0.3) is 0 Å². The lowest BCUT2D eigenvalue weighted by Gasteiger charge is -2.06. The minimum atomic E-state index is -0.341. The van der Waals surface area contributed by atoms with E-state index < -0.39 is 0 Å². The van der Waals surface area contributed by atoms with E-state index in [0.29, 0.717) is 26.2 Å². The third kappa shape index (κ3) is 2.65. The van der Waals surface area contributed by atoms with E-state index in [4.69, 9.17) is 28.5 Å². The molecule has 1 N–H and O–H groups in total. The average molecular weight is 297 g/mol. The maximum atomic E-state index is 11.9. The number of halogens is 2. The number of anilines is 1. The first-order valence-corrected chi connectivity index (χ1v) is 6.49. The van der Waals surface area contributed by atoms with Crippen molar-refractivity contribution in [2.75, 3.05) is 5.32 Å². The molecule has 1 heterocycles. The van der Waals surface area contributed by atoms with E-state index in [1.54, 1.807) is 23.6 Å². The summed E-state index contributed by atoms with van der Waals surface area (Å²) in [6.07, 6.45) is 0. The fourth-order valence-electron chi connectivity index (χ4n) is 1.33. The van der Waals surface area contributed by atoms with Gasteiger partial charge in [-0.25, -0.2) is 0 Å². The fraction of sp³-hybridized carbons (Fsp3) is 0. The zero-order chi connectivity index (χ0) is 13.1. The van der Waals surface area contributed by atoms with Gasteiger partial charge in [0.05, 0.1) is 27.4 Å². The van der Waals surface area contributed by atoms with Gasteiger partial charge in [0, 0.05) is 0 Å². The normalized spacial score (nSPS) is 9.83. The van der Waals surface area contributed by atoms with Crippen LogP contribution in [-0.4, -0.2) is 5.91 Å². The summed E-state index contributed by atoms with van der Waals surface area (Å²) in [6, 6.07) is 8.28. The van der Waals surface area contributed by atoms with Crippen molar-refractivity contribution >= 4 is 46.1 Å². The molecule has 1 aromatic carbocycles. The molecule has 0 fully saturated rings. The number of hydrogen-bond donors (Lipinski definition) is 1. The minimum Gasteiger partial charge on any atom is -0.320 e. The zero-order valence-electron chi connectivity index (χ0n) is 8.91. The molecule has 2 aromatic rings. The van der Waals surface area contributed by atoms with Crippen LogP contribution in [0.5, 0.6) is 0 Å². The summed E-state index contributed by atoms with van der Waals surface area (Å²) in [5.74, 6) is -0.341. The first-order chi connectivity index (χ1) is 8.61. The van der Waals surface area contributed by atoms with E-state index in [0.717, 1.165) is 0 Å². The standard InChI is InChI=1S/C12H6Cl2N2OS/c13-8-2-1-7(6-15)5-10(8)16-12(17)11-9(14)3-4-18-11/h1-5H,(H,16,17). The quantitative estimate of drug-likeness (QED) is 0.904. The molecular formula is C12H6Cl2N2OS. The summed E-state index contributed by atoms with van der Waals surface area (Å²) in [5.41, 5.74) is 0.817. The smallest absolute Gasteiger partial charge is 0.267 e. The molecule has 0 bridgehead atoms. The molecule has 1 amide bonds. The monoisotopic (exact) mass is 296 g/mol. The van der Waals surface area contributed by atoms with Crippen LogP contribution in [0.2, 0.25) is 10.0 Å². The first-order valence-electron chi connectivity index (χ1n) is 4.86. The Kier molecular flexibility index (Phi) is 3.87. The van der Waals surface area contributed by atoms with Gasteiger partial charge >= 0.3 is 0 Å². The summed E-state index contributed by atoms with van der Waals surface area (Å²) < 4.78 is 0. The summed E-state index contributed by atoms with van der Waals surface area (Å²) >= 11 is 13.0. The van der Waals surface area contributed by atoms with Crippen molar-refractivity contribution in [1.29, 1.82) is 5.26 Å². The van der Waals surface area contributed by atoms with Gasteiger partial charge in [-0.15, -0.1) is 11.3 Å². The summed E-state index contributed by atoms with van der Waals surface area (Å²) in [4.78, 5) is 12.3. The van der Waals surface area contributed by atoms with Crippen LogP contribution in [0, 0.1) is 11.3 Å². The van der Waals surface area contributed by atoms with Crippen molar-refractivity contribution in [3.8, 4) is 6.07 Å². The molecule has 18 heavy (non-hydrogen) atoms. The van der Waals surface area contributed by atoms with Crippen molar-refractivity contribution in [1.82, 2.24) is 0 Å². The number of nitrogens with one attached hydrogen (secondary N) is 1. The van der Waals surface area contributed by atoms with Crippen LogP contribution in [0.4, 0.5) is 5.69 Å². The van der Waals surface area contributed by atoms with Gasteiger partial charge in [0.25, 0.3) is 5.91 Å². The average Bonchev–Trinajstić information content (AvgIpc) is 2.78. The molecule has 0 unspecified atom stereocenters. The molecule has 0 spiro atoms. The Hall–Kier alpha value is -1.54. The second-order valence-corrected chi connectivity index (χ2v) is 5.09. The van der Waals surface area contributed by atoms with Crippen LogP contribution >= 0.6 is 34.5 Å². The molecule has 2 rings (SSSR count). The Balaban J connectivity index is 2.27. The van der Waals surface area contributed by atoms with Gasteiger partial charge in [0.2, 0.25) is 0 Å². The van der Waals surface area contributed by atoms with Crippen LogP contribution in [0.15, 0.2) is 29.6 Å². The van der Waals surface area contributed by atoms with Crippen LogP contribution in [0.3, 0.4) is 0 Å². The molecule has 90 valence electrons. The van der Waals surface area contributed by atoms with E-state index in [1.807, 2.05) is 6.07 Å². The van der Waals surface area contributed by atoms with Gasteiger partial charge in [-0.3, -0.25) is 4.79 Å². The highest BCUT2D eigenvalue weighted by Gasteiger charge is 2.13. The fourth-order valence-corrected chi connectivity index (χ4v) is 2.53. The Morgan fingerprint density at radius 3 is 2.67 bits per heavy atom. The molecule has 0 aliphatic heterocycles. The van der Waals surface area contributed by atoms with Crippen molar-refractivity contribution in [3.05, 3.63) is 50.1 Å². The molecule has 0 atom stereocenters. The maximum Gasteiger partial charge on any atom is 0.267 e. The third-order valence-corrected chi connectivity index (χ3v) is 3.84. The highest BCUT2D eigenvalue weighted by Crippen LogP contribution is 2.26. The molecular weight excluding hydrogens is 291 g/mol. The highest BCUT2D eigenvalue weighted by molar-refractivity contribution is 7.12. The van der Waals surface area contributed by atoms with E-state index in [-0.39, 0.29) is 5.91 Å². The van der Waals surface area contributed by atoms with Gasteiger partial charge in [0.1, 0.15) is 4.88 Å². The Bertz CT molecular complexity index is 646. The zero-order valence-corrected chi connectivity index (χ0v) is 11.2. The number of nitrogens with zero attached hydrogens (tertiary/aromatic N) is 1. The number of nitriles is 1. The second-order valence-electron chi connectivity index (χ2n) is 3.36. The predicted octanol–water partition coefficient (Wildman–Crippen LogP) is 4.18. The molecule has 1 aromatic heterocycles. The number of carbonyl (C=O) groups excluding carboxylic acids is 1. The second kappa shape index (κ2) is 5.40. The molecule has 0 aliphatic rings. The predicted molar refractivity (Wildman–Crippen MR) is 73.4 cm³/mol. The van der Waals surface area contributed by atoms with Crippen molar-refractivity contribution in [2.24, 2.45) is 0 Å². The molecule has 6 heteroatoms. The summed E-state index contributed by atoms with van der Waals surface area (Å²) in [7, 11) is 0. The molecule has 0 saturated carbocycles. The molecule has 0 aliphatic carbocycles. The minimum absolute atomic E-state index is 0.341. The topological polar surface area (TPSA) is 52.9 Å². The lowest BCUT2D eigenvalue weighted by Crippen LogP contribution is -2.11. The van der Waals surface area contributed by atoms with Crippen molar-refractivity contribution < 1.29 is 4.79 Å². The SMILES string of the molecule is N#Cc1ccc(Cl)c(NC(=O)c2sccc2Cl)c1. The Labute approximate surface area is 118 Å². The number of carbonyl (C=O) groups is 1. The lowest BCUT2D eigenvalue weighted by molar-refractivity contribution is 0.103. The maximum absolute atomic E-state index is 11.9. The Morgan fingerprint density at radius 2 is 2.06 bits per heavy atom. The van der Waals surface area contributed by atoms with Gasteiger partial charge in [-0.05, 0) is 29.6 Å². The van der Waals surface area contributed by atoms with Gasteiger partial charge < -0.3 is 5.32 Å². The number of amides is 1. The number of hydrogen-bond acceptors (Lipinski definition) is 3. The number of benzene rings is 1. The van der Waals surface area contributed by atoms with Gasteiger partial charge in [-0.2, -0.15) is 5.26 Å². The highest BCUT2D eigenvalue weighted by atomic mass is 35.5. The van der Waals surface area contributed by atoms with Gasteiger partial charge in [-0.1, -0.05) is 23.2 Å². The summed E-state index contributed by atoms with van der Waals surface area (Å²) in [6.45, 7) is 0. The van der Waals surface area contributed by atoms with Crippen molar-refractivity contribution in [2.45, 2.75) is 0 Å². The van der Waals surface area contributed by atoms with E-state index in [9.17, 15) is 4.79 Å². The molecule has 0 radical (unpaired) electrons. The van der Waals surface area contributed by atoms with Gasteiger partial charge in [0.15, 0.2) is 0 Å². The van der Waals surface area contributed by atoms with Crippen molar-refractivity contribution in [3.63, 3.8) is 0 Å². The number of rotatable bonds is 2. The largest absolute Gasteiger partial charge is 0.320 e. The van der Waals surface area contributed by atoms with E-state index in [2.05, 4.69) is 5.32 Å². The first kappa shape index (κ1) is 12.9. The number of thiophene rings is 1. The molecule has 0 saturated heterocycles. The molecule has 3 nitrogen and oxygen atoms in total. The van der Waals surface area contributed by atoms with Crippen LogP contribution < -0.4 is 5.32 Å². The van der Waals surface area contributed by atoms with E-state index >= 15 is 0 Å². The van der Waals surface area contributed by atoms with E-state index in [1.165, 1.54) is 17.4 Å². The lowest BCUT2D eigenvalue weighted by atomic mass is 10.2. The Morgan fingerprint density at radius 1 is 1.28 bits per heavy atom.